The Morgan fingerprint density at radius 3 is 2.30 bits per heavy atom. The van der Waals surface area contributed by atoms with Crippen LogP contribution in [-0.4, -0.2) is 25.3 Å². The molecule has 3 N–H and O–H groups in total. The number of ether oxygens (including phenoxy) is 1. The molecular weight excluding hydrogens is 387 g/mol. The van der Waals surface area contributed by atoms with Gasteiger partial charge in [-0.15, -0.1) is 0 Å². The van der Waals surface area contributed by atoms with Crippen LogP contribution in [0.3, 0.4) is 0 Å². The van der Waals surface area contributed by atoms with Crippen LogP contribution < -0.4 is 20.8 Å². The molecule has 0 saturated heterocycles. The Kier molecular flexibility index (Phi) is 6.73. The minimum Gasteiger partial charge on any atom is -0.497 e. The van der Waals surface area contributed by atoms with Gasteiger partial charge in [-0.25, -0.2) is 14.6 Å². The SMILES string of the molecule is COc1ccc(/C=N\NC(=O)c2ccc(NC(=O)Nc3ccccc3F)cc2)cc1. The predicted molar refractivity (Wildman–Crippen MR) is 114 cm³/mol. The van der Waals surface area contributed by atoms with E-state index in [1.54, 1.807) is 49.6 Å². The zero-order valence-electron chi connectivity index (χ0n) is 16.1. The Hall–Kier alpha value is -4.20. The van der Waals surface area contributed by atoms with Gasteiger partial charge in [-0.3, -0.25) is 4.79 Å². The number of benzene rings is 3. The Labute approximate surface area is 172 Å². The molecule has 0 aliphatic carbocycles. The van der Waals surface area contributed by atoms with Crippen LogP contribution >= 0.6 is 0 Å². The van der Waals surface area contributed by atoms with Crippen LogP contribution in [0.15, 0.2) is 77.9 Å². The standard InChI is InChI=1S/C22H19FN4O3/c1-30-18-12-6-15(7-13-18)14-24-27-21(28)16-8-10-17(11-9-16)25-22(29)26-20-5-3-2-4-19(20)23/h2-14H,1H3,(H,27,28)(H2,25,26,29)/b24-14-. The van der Waals surface area contributed by atoms with Gasteiger partial charge >= 0.3 is 6.03 Å². The molecule has 3 aromatic rings. The molecule has 3 rings (SSSR count). The summed E-state index contributed by atoms with van der Waals surface area (Å²) in [6.45, 7) is 0. The van der Waals surface area contributed by atoms with Crippen LogP contribution in [0, 0.1) is 5.82 Å². The van der Waals surface area contributed by atoms with Crippen LogP contribution in [-0.2, 0) is 0 Å². The fourth-order valence-corrected chi connectivity index (χ4v) is 2.47. The maximum absolute atomic E-state index is 13.6. The number of hydrogen-bond acceptors (Lipinski definition) is 4. The molecule has 0 aliphatic rings. The highest BCUT2D eigenvalue weighted by Crippen LogP contribution is 2.14. The summed E-state index contributed by atoms with van der Waals surface area (Å²) in [7, 11) is 1.58. The third kappa shape index (κ3) is 5.65. The van der Waals surface area contributed by atoms with Crippen LogP contribution in [0.2, 0.25) is 0 Å². The van der Waals surface area contributed by atoms with Gasteiger partial charge in [-0.05, 0) is 66.2 Å². The van der Waals surface area contributed by atoms with E-state index < -0.39 is 17.8 Å². The van der Waals surface area contributed by atoms with E-state index in [0.717, 1.165) is 11.3 Å². The van der Waals surface area contributed by atoms with Gasteiger partial charge in [0.25, 0.3) is 5.91 Å². The predicted octanol–water partition coefficient (Wildman–Crippen LogP) is 4.24. The number of carbonyl (C=O) groups excluding carboxylic acids is 2. The average molecular weight is 406 g/mol. The summed E-state index contributed by atoms with van der Waals surface area (Å²) in [6, 6.07) is 18.6. The second-order valence-electron chi connectivity index (χ2n) is 6.11. The number of amides is 3. The highest BCUT2D eigenvalue weighted by atomic mass is 19.1. The molecule has 3 aromatic carbocycles. The normalized spacial score (nSPS) is 10.5. The molecule has 0 saturated carbocycles. The van der Waals surface area contributed by atoms with Gasteiger partial charge < -0.3 is 15.4 Å². The molecular formula is C22H19FN4O3. The molecule has 0 heterocycles. The molecule has 0 bridgehead atoms. The highest BCUT2D eigenvalue weighted by Gasteiger charge is 2.08. The van der Waals surface area contributed by atoms with Crippen molar-refractivity contribution >= 4 is 29.5 Å². The van der Waals surface area contributed by atoms with E-state index in [2.05, 4.69) is 21.2 Å². The lowest BCUT2D eigenvalue weighted by Gasteiger charge is -2.08. The number of hydrogen-bond donors (Lipinski definition) is 3. The number of methoxy groups -OCH3 is 1. The number of nitrogens with zero attached hydrogens (tertiary/aromatic N) is 1. The van der Waals surface area contributed by atoms with Gasteiger partial charge in [0.1, 0.15) is 11.6 Å². The Morgan fingerprint density at radius 1 is 0.933 bits per heavy atom. The van der Waals surface area contributed by atoms with Gasteiger partial charge in [0.15, 0.2) is 0 Å². The molecule has 0 aliphatic heterocycles. The largest absolute Gasteiger partial charge is 0.497 e. The maximum Gasteiger partial charge on any atom is 0.323 e. The second-order valence-corrected chi connectivity index (χ2v) is 6.11. The van der Waals surface area contributed by atoms with Crippen molar-refractivity contribution in [2.24, 2.45) is 5.10 Å². The lowest BCUT2D eigenvalue weighted by Crippen LogP contribution is -2.20. The first-order valence-corrected chi connectivity index (χ1v) is 8.95. The molecule has 8 heteroatoms. The zero-order valence-corrected chi connectivity index (χ0v) is 16.1. The summed E-state index contributed by atoms with van der Waals surface area (Å²) >= 11 is 0. The monoisotopic (exact) mass is 406 g/mol. The summed E-state index contributed by atoms with van der Waals surface area (Å²) in [5.41, 5.74) is 4.11. The highest BCUT2D eigenvalue weighted by molar-refractivity contribution is 6.00. The van der Waals surface area contributed by atoms with E-state index in [-0.39, 0.29) is 5.69 Å². The van der Waals surface area contributed by atoms with E-state index in [4.69, 9.17) is 4.74 Å². The van der Waals surface area contributed by atoms with Crippen molar-refractivity contribution in [1.29, 1.82) is 0 Å². The molecule has 0 spiro atoms. The third-order valence-electron chi connectivity index (χ3n) is 4.02. The average Bonchev–Trinajstić information content (AvgIpc) is 2.76. The van der Waals surface area contributed by atoms with E-state index in [1.807, 2.05) is 0 Å². The van der Waals surface area contributed by atoms with E-state index in [9.17, 15) is 14.0 Å². The summed E-state index contributed by atoms with van der Waals surface area (Å²) < 4.78 is 18.6. The van der Waals surface area contributed by atoms with Gasteiger partial charge in [0.05, 0.1) is 19.0 Å². The van der Waals surface area contributed by atoms with Crippen molar-refractivity contribution in [2.45, 2.75) is 0 Å². The first kappa shape index (κ1) is 20.5. The van der Waals surface area contributed by atoms with Crippen molar-refractivity contribution in [3.8, 4) is 5.75 Å². The van der Waals surface area contributed by atoms with Crippen molar-refractivity contribution in [2.75, 3.05) is 17.7 Å². The number of hydrazone groups is 1. The van der Waals surface area contributed by atoms with Crippen molar-refractivity contribution in [3.63, 3.8) is 0 Å². The van der Waals surface area contributed by atoms with E-state index in [0.29, 0.717) is 11.3 Å². The summed E-state index contributed by atoms with van der Waals surface area (Å²) in [5.74, 6) is -0.204. The molecule has 0 atom stereocenters. The van der Waals surface area contributed by atoms with E-state index in [1.165, 1.54) is 36.5 Å². The Bertz CT molecular complexity index is 1050. The van der Waals surface area contributed by atoms with Gasteiger partial charge in [-0.1, -0.05) is 12.1 Å². The number of para-hydroxylation sites is 1. The second kappa shape index (κ2) is 9.83. The topological polar surface area (TPSA) is 91.8 Å². The molecule has 0 fully saturated rings. The van der Waals surface area contributed by atoms with Crippen molar-refractivity contribution in [1.82, 2.24) is 5.43 Å². The van der Waals surface area contributed by atoms with Crippen LogP contribution in [0.4, 0.5) is 20.6 Å². The third-order valence-corrected chi connectivity index (χ3v) is 4.02. The fourth-order valence-electron chi connectivity index (χ4n) is 2.47. The molecule has 0 aromatic heterocycles. The molecule has 7 nitrogen and oxygen atoms in total. The van der Waals surface area contributed by atoms with Crippen LogP contribution in [0.25, 0.3) is 0 Å². The number of halogens is 1. The number of rotatable bonds is 6. The molecule has 0 unspecified atom stereocenters. The van der Waals surface area contributed by atoms with Gasteiger partial charge in [0, 0.05) is 11.3 Å². The van der Waals surface area contributed by atoms with Crippen molar-refractivity contribution in [3.05, 3.63) is 89.7 Å². The summed E-state index contributed by atoms with van der Waals surface area (Å²) in [4.78, 5) is 24.1. The zero-order chi connectivity index (χ0) is 21.3. The number of urea groups is 1. The lowest BCUT2D eigenvalue weighted by molar-refractivity contribution is 0.0955. The Balaban J connectivity index is 1.52. The quantitative estimate of drug-likeness (QED) is 0.422. The van der Waals surface area contributed by atoms with Crippen LogP contribution in [0.1, 0.15) is 15.9 Å². The van der Waals surface area contributed by atoms with Gasteiger partial charge in [-0.2, -0.15) is 5.10 Å². The van der Waals surface area contributed by atoms with Gasteiger partial charge in [0.2, 0.25) is 0 Å². The number of anilines is 2. The number of carbonyl (C=O) groups is 2. The fraction of sp³-hybridized carbons (Fsp3) is 0.0455. The minimum absolute atomic E-state index is 0.0701. The Morgan fingerprint density at radius 2 is 1.63 bits per heavy atom. The summed E-state index contributed by atoms with van der Waals surface area (Å²) in [5, 5.41) is 8.90. The molecule has 0 radical (unpaired) electrons. The summed E-state index contributed by atoms with van der Waals surface area (Å²) in [6.07, 6.45) is 1.51. The van der Waals surface area contributed by atoms with E-state index >= 15 is 0 Å². The molecule has 3 amide bonds. The molecule has 30 heavy (non-hydrogen) atoms. The minimum atomic E-state index is -0.596. The maximum atomic E-state index is 13.6. The van der Waals surface area contributed by atoms with Crippen molar-refractivity contribution < 1.29 is 18.7 Å². The van der Waals surface area contributed by atoms with Crippen LogP contribution in [0.5, 0.6) is 5.75 Å². The first-order chi connectivity index (χ1) is 14.5. The molecule has 152 valence electrons. The smallest absolute Gasteiger partial charge is 0.323 e. The first-order valence-electron chi connectivity index (χ1n) is 8.95. The lowest BCUT2D eigenvalue weighted by atomic mass is 10.2. The number of nitrogens with one attached hydrogen (secondary N) is 3.